The van der Waals surface area contributed by atoms with Crippen molar-refractivity contribution in [2.45, 2.75) is 12.8 Å². The fourth-order valence-electron chi connectivity index (χ4n) is 1.07. The number of aryl methyl sites for hydroxylation is 1. The molecule has 0 aromatic carbocycles. The molecule has 0 saturated carbocycles. The molecule has 1 heterocycles. The van der Waals surface area contributed by atoms with Crippen molar-refractivity contribution in [2.75, 3.05) is 13.7 Å². The van der Waals surface area contributed by atoms with Gasteiger partial charge in [-0.1, -0.05) is 0 Å². The lowest BCUT2D eigenvalue weighted by atomic mass is 10.1. The minimum atomic E-state index is 0.138. The molecule has 0 atom stereocenters. The van der Waals surface area contributed by atoms with E-state index in [4.69, 9.17) is 4.74 Å². The van der Waals surface area contributed by atoms with Gasteiger partial charge in [0.1, 0.15) is 6.61 Å². The summed E-state index contributed by atoms with van der Waals surface area (Å²) in [5.41, 5.74) is 1.14. The maximum atomic E-state index is 11.1. The Morgan fingerprint density at radius 1 is 1.46 bits per heavy atom. The predicted molar refractivity (Wildman–Crippen MR) is 49.4 cm³/mol. The first-order valence-corrected chi connectivity index (χ1v) is 4.22. The highest BCUT2D eigenvalue weighted by atomic mass is 16.5. The van der Waals surface area contributed by atoms with Crippen LogP contribution in [0, 0.1) is 0 Å². The van der Waals surface area contributed by atoms with E-state index in [1.54, 1.807) is 12.4 Å². The molecule has 1 rings (SSSR count). The summed E-state index contributed by atoms with van der Waals surface area (Å²) in [4.78, 5) is 15.0. The van der Waals surface area contributed by atoms with Crippen molar-refractivity contribution < 1.29 is 9.53 Å². The molecular weight excluding hydrogens is 166 g/mol. The zero-order valence-electron chi connectivity index (χ0n) is 7.69. The van der Waals surface area contributed by atoms with E-state index in [1.807, 2.05) is 12.1 Å². The molecule has 1 aromatic rings. The highest BCUT2D eigenvalue weighted by Gasteiger charge is 2.00. The van der Waals surface area contributed by atoms with E-state index in [9.17, 15) is 4.79 Å². The minimum absolute atomic E-state index is 0.138. The summed E-state index contributed by atoms with van der Waals surface area (Å²) in [5, 5.41) is 0. The molecule has 1 aromatic heterocycles. The maximum absolute atomic E-state index is 11.1. The molecule has 3 heteroatoms. The van der Waals surface area contributed by atoms with Crippen molar-refractivity contribution in [2.24, 2.45) is 0 Å². The Morgan fingerprint density at radius 3 is 2.77 bits per heavy atom. The number of nitrogens with zero attached hydrogens (tertiary/aromatic N) is 1. The number of aromatic nitrogens is 1. The van der Waals surface area contributed by atoms with Crippen LogP contribution in [0.1, 0.15) is 12.0 Å². The van der Waals surface area contributed by atoms with Gasteiger partial charge in [-0.2, -0.15) is 0 Å². The summed E-state index contributed by atoms with van der Waals surface area (Å²) in [6.45, 7) is 0.213. The average molecular weight is 179 g/mol. The summed E-state index contributed by atoms with van der Waals surface area (Å²) in [5.74, 6) is 0.138. The van der Waals surface area contributed by atoms with Crippen LogP contribution in [0.25, 0.3) is 0 Å². The van der Waals surface area contributed by atoms with Gasteiger partial charge in [-0.05, 0) is 24.1 Å². The van der Waals surface area contributed by atoms with Gasteiger partial charge in [-0.25, -0.2) is 0 Å². The monoisotopic (exact) mass is 179 g/mol. The largest absolute Gasteiger partial charge is 0.377 e. The number of rotatable bonds is 5. The second kappa shape index (κ2) is 5.43. The lowest BCUT2D eigenvalue weighted by Gasteiger charge is -1.99. The van der Waals surface area contributed by atoms with Crippen molar-refractivity contribution in [3.63, 3.8) is 0 Å². The zero-order chi connectivity index (χ0) is 9.52. The molecule has 0 N–H and O–H groups in total. The van der Waals surface area contributed by atoms with Gasteiger partial charge in [0.25, 0.3) is 0 Å². The molecule has 0 aliphatic rings. The Kier molecular flexibility index (Phi) is 4.12. The van der Waals surface area contributed by atoms with E-state index in [0.717, 1.165) is 12.0 Å². The lowest BCUT2D eigenvalue weighted by Crippen LogP contribution is -2.07. The molecule has 70 valence electrons. The Labute approximate surface area is 77.8 Å². The number of ketones is 1. The van der Waals surface area contributed by atoms with Gasteiger partial charge in [0, 0.05) is 25.9 Å². The van der Waals surface area contributed by atoms with Crippen molar-refractivity contribution in [1.82, 2.24) is 4.98 Å². The Bertz CT molecular complexity index is 259. The Morgan fingerprint density at radius 2 is 2.15 bits per heavy atom. The van der Waals surface area contributed by atoms with E-state index in [-0.39, 0.29) is 12.4 Å². The Balaban J connectivity index is 2.31. The van der Waals surface area contributed by atoms with Gasteiger partial charge in [0.2, 0.25) is 0 Å². The molecule has 0 fully saturated rings. The molecular formula is C10H13NO2. The van der Waals surface area contributed by atoms with E-state index in [1.165, 1.54) is 7.11 Å². The molecule has 0 spiro atoms. The molecule has 0 radical (unpaired) electrons. The van der Waals surface area contributed by atoms with Crippen LogP contribution >= 0.6 is 0 Å². The molecule has 0 saturated heterocycles. The number of hydrogen-bond donors (Lipinski definition) is 0. The van der Waals surface area contributed by atoms with Gasteiger partial charge in [0.05, 0.1) is 0 Å². The first kappa shape index (κ1) is 9.86. The summed E-state index contributed by atoms with van der Waals surface area (Å²) >= 11 is 0. The summed E-state index contributed by atoms with van der Waals surface area (Å²) in [6.07, 6.45) is 4.77. The summed E-state index contributed by atoms with van der Waals surface area (Å²) in [6, 6.07) is 3.83. The molecule has 0 aliphatic heterocycles. The third-order valence-corrected chi connectivity index (χ3v) is 1.75. The fourth-order valence-corrected chi connectivity index (χ4v) is 1.07. The Hall–Kier alpha value is -1.22. The normalized spacial score (nSPS) is 9.92. The molecule has 0 unspecified atom stereocenters. The second-order valence-corrected chi connectivity index (χ2v) is 2.83. The van der Waals surface area contributed by atoms with Gasteiger partial charge in [-0.3, -0.25) is 9.78 Å². The maximum Gasteiger partial charge on any atom is 0.158 e. The fraction of sp³-hybridized carbons (Fsp3) is 0.400. The number of methoxy groups -OCH3 is 1. The van der Waals surface area contributed by atoms with Crippen molar-refractivity contribution in [1.29, 1.82) is 0 Å². The number of carbonyl (C=O) groups is 1. The van der Waals surface area contributed by atoms with Crippen molar-refractivity contribution in [3.05, 3.63) is 30.1 Å². The van der Waals surface area contributed by atoms with Crippen LogP contribution < -0.4 is 0 Å². The topological polar surface area (TPSA) is 39.2 Å². The van der Waals surface area contributed by atoms with Crippen LogP contribution in [0.15, 0.2) is 24.5 Å². The number of pyridine rings is 1. The number of ether oxygens (including phenoxy) is 1. The summed E-state index contributed by atoms with van der Waals surface area (Å²) < 4.78 is 4.73. The first-order valence-electron chi connectivity index (χ1n) is 4.22. The molecule has 3 nitrogen and oxygen atoms in total. The standard InChI is InChI=1S/C10H13NO2/c1-13-8-10(12)3-2-9-4-6-11-7-5-9/h4-7H,2-3,8H2,1H3. The minimum Gasteiger partial charge on any atom is -0.377 e. The lowest BCUT2D eigenvalue weighted by molar-refractivity contribution is -0.122. The number of carbonyl (C=O) groups excluding carboxylic acids is 1. The van der Waals surface area contributed by atoms with Gasteiger partial charge in [-0.15, -0.1) is 0 Å². The third-order valence-electron chi connectivity index (χ3n) is 1.75. The summed E-state index contributed by atoms with van der Waals surface area (Å²) in [7, 11) is 1.53. The molecule has 13 heavy (non-hydrogen) atoms. The van der Waals surface area contributed by atoms with Gasteiger partial charge < -0.3 is 4.74 Å². The quantitative estimate of drug-likeness (QED) is 0.682. The molecule has 0 amide bonds. The number of Topliss-reactive ketones (excluding diaryl/α,β-unsaturated/α-hetero) is 1. The van der Waals surface area contributed by atoms with Crippen LogP contribution in [0.4, 0.5) is 0 Å². The van der Waals surface area contributed by atoms with Crippen LogP contribution in [-0.2, 0) is 16.0 Å². The smallest absolute Gasteiger partial charge is 0.158 e. The van der Waals surface area contributed by atoms with Crippen LogP contribution in [-0.4, -0.2) is 24.5 Å². The van der Waals surface area contributed by atoms with Gasteiger partial charge in [0.15, 0.2) is 5.78 Å². The third kappa shape index (κ3) is 3.80. The van der Waals surface area contributed by atoms with Crippen LogP contribution in [0.3, 0.4) is 0 Å². The first-order chi connectivity index (χ1) is 6.33. The van der Waals surface area contributed by atoms with E-state index >= 15 is 0 Å². The number of hydrogen-bond acceptors (Lipinski definition) is 3. The predicted octanol–water partition coefficient (Wildman–Crippen LogP) is 1.23. The van der Waals surface area contributed by atoms with Crippen LogP contribution in [0.5, 0.6) is 0 Å². The molecule has 0 aliphatic carbocycles. The van der Waals surface area contributed by atoms with E-state index < -0.39 is 0 Å². The second-order valence-electron chi connectivity index (χ2n) is 2.83. The van der Waals surface area contributed by atoms with Crippen LogP contribution in [0.2, 0.25) is 0 Å². The zero-order valence-corrected chi connectivity index (χ0v) is 7.69. The van der Waals surface area contributed by atoms with Crippen molar-refractivity contribution in [3.8, 4) is 0 Å². The molecule has 0 bridgehead atoms. The van der Waals surface area contributed by atoms with Crippen molar-refractivity contribution >= 4 is 5.78 Å². The average Bonchev–Trinajstić information content (AvgIpc) is 2.17. The van der Waals surface area contributed by atoms with E-state index in [0.29, 0.717) is 6.42 Å². The SMILES string of the molecule is COCC(=O)CCc1ccncc1. The highest BCUT2D eigenvalue weighted by molar-refractivity contribution is 5.79. The highest BCUT2D eigenvalue weighted by Crippen LogP contribution is 2.01. The van der Waals surface area contributed by atoms with E-state index in [2.05, 4.69) is 4.98 Å². The van der Waals surface area contributed by atoms with Gasteiger partial charge >= 0.3 is 0 Å².